The lowest BCUT2D eigenvalue weighted by Crippen LogP contribution is -2.51. The van der Waals surface area contributed by atoms with Crippen LogP contribution < -0.4 is 15.0 Å². The Bertz CT molecular complexity index is 1650. The van der Waals surface area contributed by atoms with Gasteiger partial charge in [-0.15, -0.1) is 0 Å². The highest BCUT2D eigenvalue weighted by atomic mass is 32.3. The maximum absolute atomic E-state index is 13.9. The Morgan fingerprint density at radius 1 is 0.911 bits per heavy atom. The van der Waals surface area contributed by atoms with Crippen LogP contribution in [-0.2, 0) is 26.4 Å². The average molecular weight is 642 g/mol. The van der Waals surface area contributed by atoms with Crippen molar-refractivity contribution in [2.24, 2.45) is 17.8 Å². The summed E-state index contributed by atoms with van der Waals surface area (Å²) in [4.78, 5) is 67.3. The third kappa shape index (κ3) is 8.00. The Morgan fingerprint density at radius 2 is 1.53 bits per heavy atom. The van der Waals surface area contributed by atoms with Gasteiger partial charge in [0.1, 0.15) is 5.75 Å². The van der Waals surface area contributed by atoms with E-state index in [9.17, 15) is 37.6 Å². The van der Waals surface area contributed by atoms with E-state index in [0.717, 1.165) is 4.90 Å². The molecule has 4 rings (SSSR count). The number of hydroxylamine groups is 1. The van der Waals surface area contributed by atoms with Crippen LogP contribution in [0.2, 0.25) is 0 Å². The molecule has 0 saturated carbocycles. The summed E-state index contributed by atoms with van der Waals surface area (Å²) in [6, 6.07) is 13.1. The molecule has 0 spiro atoms. The van der Waals surface area contributed by atoms with Crippen molar-refractivity contribution in [1.82, 2.24) is 15.7 Å². The van der Waals surface area contributed by atoms with Crippen LogP contribution in [0.1, 0.15) is 57.1 Å². The molecule has 0 radical (unpaired) electrons. The number of hydrogen-bond donors (Lipinski definition) is 4. The van der Waals surface area contributed by atoms with Crippen molar-refractivity contribution >= 4 is 39.8 Å². The molecule has 14 nitrogen and oxygen atoms in total. The lowest BCUT2D eigenvalue weighted by atomic mass is 9.83. The monoisotopic (exact) mass is 641 g/mol. The van der Waals surface area contributed by atoms with E-state index >= 15 is 0 Å². The van der Waals surface area contributed by atoms with Crippen LogP contribution in [0.25, 0.3) is 0 Å². The van der Waals surface area contributed by atoms with E-state index in [-0.39, 0.29) is 41.4 Å². The second-order valence-corrected chi connectivity index (χ2v) is 11.9. The average Bonchev–Trinajstić information content (AvgIpc) is 3.61. The fourth-order valence-corrected chi connectivity index (χ4v) is 5.51. The van der Waals surface area contributed by atoms with Crippen molar-refractivity contribution in [3.8, 4) is 5.75 Å². The van der Waals surface area contributed by atoms with Gasteiger partial charge in [0, 0.05) is 13.0 Å². The van der Waals surface area contributed by atoms with Gasteiger partial charge in [0.2, 0.25) is 17.6 Å². The molecule has 3 atom stereocenters. The first-order chi connectivity index (χ1) is 21.3. The Hall–Kier alpha value is -4.86. The fraction of sp³-hybridized carbons (Fsp3) is 0.300. The molecule has 4 N–H and O–H groups in total. The van der Waals surface area contributed by atoms with Gasteiger partial charge in [-0.2, -0.15) is 8.42 Å². The number of furan rings is 1. The van der Waals surface area contributed by atoms with E-state index in [4.69, 9.17) is 8.97 Å². The van der Waals surface area contributed by atoms with Crippen LogP contribution in [0, 0.1) is 17.8 Å². The summed E-state index contributed by atoms with van der Waals surface area (Å²) < 4.78 is 40.6. The summed E-state index contributed by atoms with van der Waals surface area (Å²) in [6.07, 6.45) is 1.25. The predicted molar refractivity (Wildman–Crippen MR) is 155 cm³/mol. The maximum atomic E-state index is 13.9. The molecule has 0 saturated heterocycles. The van der Waals surface area contributed by atoms with Crippen molar-refractivity contribution in [1.29, 1.82) is 0 Å². The van der Waals surface area contributed by atoms with Crippen LogP contribution in [0.5, 0.6) is 5.75 Å². The lowest BCUT2D eigenvalue weighted by molar-refractivity contribution is -0.141. The number of carbonyl (C=O) groups is 5. The van der Waals surface area contributed by atoms with Gasteiger partial charge >= 0.3 is 10.4 Å². The van der Waals surface area contributed by atoms with Crippen LogP contribution in [0.4, 0.5) is 0 Å². The number of ketones is 1. The number of benzene rings is 2. The molecule has 1 unspecified atom stereocenters. The smallest absolute Gasteiger partial charge is 0.446 e. The van der Waals surface area contributed by atoms with Crippen LogP contribution in [-0.4, -0.2) is 65.1 Å². The summed E-state index contributed by atoms with van der Waals surface area (Å²) in [5.74, 6) is -6.71. The SMILES string of the molecule is CC(C)C[C@H](C(=O)N[C@@H](Cc1ccc(OS(=O)(=O)O)cc1)C(=O)c1ccco1)C(CN1C(=O)c2ccccc2C1=O)C(=O)NO. The molecule has 0 bridgehead atoms. The molecular weight excluding hydrogens is 610 g/mol. The van der Waals surface area contributed by atoms with Crippen LogP contribution in [0.15, 0.2) is 71.3 Å². The summed E-state index contributed by atoms with van der Waals surface area (Å²) in [7, 11) is -4.76. The van der Waals surface area contributed by atoms with E-state index in [2.05, 4.69) is 9.50 Å². The molecule has 45 heavy (non-hydrogen) atoms. The topological polar surface area (TPSA) is 210 Å². The summed E-state index contributed by atoms with van der Waals surface area (Å²) >= 11 is 0. The third-order valence-electron chi connectivity index (χ3n) is 7.21. The van der Waals surface area contributed by atoms with Crippen LogP contribution in [0.3, 0.4) is 0 Å². The fourth-order valence-electron chi connectivity index (χ4n) is 5.16. The Kier molecular flexibility index (Phi) is 10.2. The number of carbonyl (C=O) groups excluding carboxylic acids is 5. The van der Waals surface area contributed by atoms with Gasteiger partial charge in [-0.25, -0.2) is 5.48 Å². The molecule has 2 heterocycles. The molecule has 0 fully saturated rings. The van der Waals surface area contributed by atoms with E-state index in [0.29, 0.717) is 5.56 Å². The number of amides is 4. The summed E-state index contributed by atoms with van der Waals surface area (Å²) in [6.45, 7) is 3.06. The highest BCUT2D eigenvalue weighted by molar-refractivity contribution is 7.81. The minimum atomic E-state index is -4.76. The van der Waals surface area contributed by atoms with Crippen molar-refractivity contribution in [2.75, 3.05) is 6.54 Å². The first-order valence-electron chi connectivity index (χ1n) is 13.8. The Balaban J connectivity index is 1.62. The molecule has 15 heteroatoms. The van der Waals surface area contributed by atoms with E-state index in [1.165, 1.54) is 60.3 Å². The standard InChI is InChI=1S/C30H31N3O11S/c1-17(2)14-22(23(28(36)32-39)16-33-29(37)20-6-3-4-7-21(20)30(33)38)27(35)31-24(26(34)25-8-5-13-43-25)15-18-9-11-19(12-10-18)44-45(40,41)42/h3-13,17,22-24,39H,14-16H2,1-2H3,(H,31,35)(H,32,36)(H,40,41,42)/t22-,23?,24-/m0/s1. The van der Waals surface area contributed by atoms with Crippen LogP contribution >= 0.6 is 0 Å². The van der Waals surface area contributed by atoms with Gasteiger partial charge in [-0.3, -0.25) is 38.6 Å². The minimum Gasteiger partial charge on any atom is -0.461 e. The quantitative estimate of drug-likeness (QED) is 0.0660. The number of nitrogens with one attached hydrogen (secondary N) is 2. The van der Waals surface area contributed by atoms with Gasteiger partial charge in [0.25, 0.3) is 11.8 Å². The molecule has 4 amide bonds. The highest BCUT2D eigenvalue weighted by Crippen LogP contribution is 2.29. The number of nitrogens with zero attached hydrogens (tertiary/aromatic N) is 1. The van der Waals surface area contributed by atoms with Gasteiger partial charge in [-0.1, -0.05) is 38.1 Å². The molecule has 3 aromatic rings. The largest absolute Gasteiger partial charge is 0.461 e. The molecule has 0 aliphatic carbocycles. The molecular formula is C30H31N3O11S. The second-order valence-electron chi connectivity index (χ2n) is 10.8. The van der Waals surface area contributed by atoms with Gasteiger partial charge in [-0.05, 0) is 54.3 Å². The number of hydrogen-bond acceptors (Lipinski definition) is 10. The lowest BCUT2D eigenvalue weighted by Gasteiger charge is -2.30. The molecule has 2 aromatic carbocycles. The normalized spacial score (nSPS) is 14.9. The van der Waals surface area contributed by atoms with Gasteiger partial charge in [0.15, 0.2) is 5.76 Å². The highest BCUT2D eigenvalue weighted by Gasteiger charge is 2.43. The summed E-state index contributed by atoms with van der Waals surface area (Å²) in [5, 5.41) is 12.3. The molecule has 238 valence electrons. The predicted octanol–water partition coefficient (Wildman–Crippen LogP) is 2.45. The molecule has 1 aromatic heterocycles. The van der Waals surface area contributed by atoms with E-state index < -0.39 is 64.2 Å². The number of rotatable bonds is 14. The maximum Gasteiger partial charge on any atom is 0.446 e. The first kappa shape index (κ1) is 33.0. The van der Waals surface area contributed by atoms with Crippen molar-refractivity contribution in [3.63, 3.8) is 0 Å². The van der Waals surface area contributed by atoms with Gasteiger partial charge < -0.3 is 13.9 Å². The number of Topliss-reactive ketones (excluding diaryl/α,β-unsaturated/α-hetero) is 1. The summed E-state index contributed by atoms with van der Waals surface area (Å²) in [5.41, 5.74) is 2.28. The zero-order valence-electron chi connectivity index (χ0n) is 24.2. The molecule has 1 aliphatic heterocycles. The third-order valence-corrected chi connectivity index (χ3v) is 7.62. The first-order valence-corrected chi connectivity index (χ1v) is 15.2. The zero-order chi connectivity index (χ0) is 32.9. The Morgan fingerprint density at radius 3 is 2.04 bits per heavy atom. The van der Waals surface area contributed by atoms with Crippen molar-refractivity contribution < 1.29 is 50.8 Å². The van der Waals surface area contributed by atoms with Crippen molar-refractivity contribution in [3.05, 3.63) is 89.4 Å². The minimum absolute atomic E-state index is 0.0669. The zero-order valence-corrected chi connectivity index (χ0v) is 25.0. The number of imide groups is 1. The second kappa shape index (κ2) is 13.8. The number of fused-ring (bicyclic) bond motifs is 1. The van der Waals surface area contributed by atoms with E-state index in [1.807, 2.05) is 0 Å². The Labute approximate surface area is 258 Å². The molecule has 1 aliphatic rings. The van der Waals surface area contributed by atoms with Crippen molar-refractivity contribution in [2.45, 2.75) is 32.7 Å². The van der Waals surface area contributed by atoms with E-state index in [1.54, 1.807) is 26.0 Å². The van der Waals surface area contributed by atoms with Gasteiger partial charge in [0.05, 0.1) is 35.3 Å².